The number of aliphatic hydroxyl groups excluding tert-OH is 1. The molecule has 0 radical (unpaired) electrons. The molecule has 0 saturated heterocycles. The summed E-state index contributed by atoms with van der Waals surface area (Å²) in [5, 5.41) is 3.42. The topological polar surface area (TPSA) is 54.4 Å². The second-order valence-corrected chi connectivity index (χ2v) is 4.07. The van der Waals surface area contributed by atoms with Gasteiger partial charge < -0.3 is 5.11 Å². The van der Waals surface area contributed by atoms with Crippen LogP contribution in [0.15, 0.2) is 0 Å². The Labute approximate surface area is 61.8 Å². The summed E-state index contributed by atoms with van der Waals surface area (Å²) in [7, 11) is -4.78. The summed E-state index contributed by atoms with van der Waals surface area (Å²) in [5.74, 6) is 0. The summed E-state index contributed by atoms with van der Waals surface area (Å²) in [6.07, 6.45) is -2.85. The lowest BCUT2D eigenvalue weighted by atomic mass is 10.4. The molecule has 1 N–H and O–H groups in total. The fourth-order valence-electron chi connectivity index (χ4n) is 0.339. The Morgan fingerprint density at radius 3 is 2.00 bits per heavy atom. The number of aliphatic hydroxyl groups is 1. The van der Waals surface area contributed by atoms with E-state index in [9.17, 15) is 21.6 Å². The van der Waals surface area contributed by atoms with Gasteiger partial charge in [-0.3, -0.25) is 0 Å². The molecule has 0 heterocycles. The fourth-order valence-corrected chi connectivity index (χ4v) is 0.878. The Balaban J connectivity index is 4.74. The standard InChI is InChI=1S/C4H7F3O3S/c1-11(9,10)4(6,7)3(5)2-8/h3,8H,2H2,1H3. The molecule has 1 unspecified atom stereocenters. The number of rotatable bonds is 3. The van der Waals surface area contributed by atoms with Crippen molar-refractivity contribution in [3.8, 4) is 0 Å². The normalized spacial score (nSPS) is 16.5. The molecule has 0 spiro atoms. The lowest BCUT2D eigenvalue weighted by Crippen LogP contribution is -2.40. The van der Waals surface area contributed by atoms with Crippen molar-refractivity contribution in [2.24, 2.45) is 0 Å². The van der Waals surface area contributed by atoms with Crippen molar-refractivity contribution in [1.82, 2.24) is 0 Å². The molecule has 0 aliphatic rings. The van der Waals surface area contributed by atoms with E-state index in [0.717, 1.165) is 0 Å². The Morgan fingerprint density at radius 1 is 1.55 bits per heavy atom. The molecule has 0 rings (SSSR count). The van der Waals surface area contributed by atoms with Crippen LogP contribution in [0.3, 0.4) is 0 Å². The molecule has 0 aromatic rings. The minimum absolute atomic E-state index is 0.204. The van der Waals surface area contributed by atoms with Crippen LogP contribution >= 0.6 is 0 Å². The molecule has 3 nitrogen and oxygen atoms in total. The first kappa shape index (κ1) is 10.7. The zero-order chi connectivity index (χ0) is 9.28. The van der Waals surface area contributed by atoms with Gasteiger partial charge in [0.1, 0.15) is 0 Å². The smallest absolute Gasteiger partial charge is 0.377 e. The molecule has 0 amide bonds. The van der Waals surface area contributed by atoms with E-state index in [1.165, 1.54) is 0 Å². The van der Waals surface area contributed by atoms with Crippen LogP contribution in [0, 0.1) is 0 Å². The van der Waals surface area contributed by atoms with Crippen molar-refractivity contribution in [1.29, 1.82) is 0 Å². The van der Waals surface area contributed by atoms with Crippen LogP contribution in [-0.4, -0.2) is 37.8 Å². The largest absolute Gasteiger partial charge is 0.393 e. The van der Waals surface area contributed by atoms with Crippen molar-refractivity contribution in [3.63, 3.8) is 0 Å². The van der Waals surface area contributed by atoms with E-state index < -0.39 is 27.9 Å². The third-order valence-corrected chi connectivity index (χ3v) is 2.26. The summed E-state index contributed by atoms with van der Waals surface area (Å²) >= 11 is 0. The van der Waals surface area contributed by atoms with Crippen LogP contribution < -0.4 is 0 Å². The number of hydrogen-bond donors (Lipinski definition) is 1. The van der Waals surface area contributed by atoms with Crippen LogP contribution in [0.4, 0.5) is 13.2 Å². The zero-order valence-corrected chi connectivity index (χ0v) is 6.41. The number of alkyl halides is 3. The highest BCUT2D eigenvalue weighted by molar-refractivity contribution is 7.91. The van der Waals surface area contributed by atoms with Crippen LogP contribution in [0.1, 0.15) is 0 Å². The third kappa shape index (κ3) is 2.06. The first-order valence-electron chi connectivity index (χ1n) is 2.56. The molecule has 1 atom stereocenters. The van der Waals surface area contributed by atoms with Crippen molar-refractivity contribution < 1.29 is 26.7 Å². The molecule has 0 aromatic heterocycles. The molecule has 0 bridgehead atoms. The number of sulfone groups is 1. The summed E-state index contributed by atoms with van der Waals surface area (Å²) in [6, 6.07) is 0. The predicted molar refractivity (Wildman–Crippen MR) is 31.8 cm³/mol. The average Bonchev–Trinajstić information content (AvgIpc) is 1.83. The first-order chi connectivity index (χ1) is 4.73. The lowest BCUT2D eigenvalue weighted by molar-refractivity contribution is -0.0202. The monoisotopic (exact) mass is 192 g/mol. The van der Waals surface area contributed by atoms with Crippen molar-refractivity contribution in [2.45, 2.75) is 11.4 Å². The highest BCUT2D eigenvalue weighted by Crippen LogP contribution is 2.26. The summed E-state index contributed by atoms with van der Waals surface area (Å²) in [4.78, 5) is 0. The van der Waals surface area contributed by atoms with Gasteiger partial charge in [0.15, 0.2) is 0 Å². The summed E-state index contributed by atoms with van der Waals surface area (Å²) in [5.41, 5.74) is 0. The van der Waals surface area contributed by atoms with E-state index in [1.807, 2.05) is 0 Å². The first-order valence-corrected chi connectivity index (χ1v) is 4.45. The molecule has 11 heavy (non-hydrogen) atoms. The number of halogens is 3. The highest BCUT2D eigenvalue weighted by atomic mass is 32.2. The van der Waals surface area contributed by atoms with E-state index in [4.69, 9.17) is 5.11 Å². The van der Waals surface area contributed by atoms with Gasteiger partial charge in [-0.2, -0.15) is 8.78 Å². The molecular formula is C4H7F3O3S. The van der Waals surface area contributed by atoms with Crippen LogP contribution in [0.5, 0.6) is 0 Å². The quantitative estimate of drug-likeness (QED) is 0.682. The maximum Gasteiger partial charge on any atom is 0.377 e. The Morgan fingerprint density at radius 2 is 1.91 bits per heavy atom. The molecule has 7 heteroatoms. The molecule has 0 aliphatic carbocycles. The maximum absolute atomic E-state index is 12.2. The van der Waals surface area contributed by atoms with Gasteiger partial charge in [0.25, 0.3) is 0 Å². The molecule has 0 aromatic carbocycles. The molecule has 0 saturated carbocycles. The molecule has 0 aliphatic heterocycles. The fraction of sp³-hybridized carbons (Fsp3) is 1.00. The second-order valence-electron chi connectivity index (χ2n) is 1.98. The Hall–Kier alpha value is -0.300. The van der Waals surface area contributed by atoms with Gasteiger partial charge in [0.05, 0.1) is 6.61 Å². The predicted octanol–water partition coefficient (Wildman–Crippen LogP) is -0.0458. The van der Waals surface area contributed by atoms with Gasteiger partial charge in [-0.15, -0.1) is 0 Å². The van der Waals surface area contributed by atoms with Gasteiger partial charge >= 0.3 is 5.25 Å². The minimum atomic E-state index is -4.78. The van der Waals surface area contributed by atoms with Crippen molar-refractivity contribution in [3.05, 3.63) is 0 Å². The zero-order valence-electron chi connectivity index (χ0n) is 5.59. The van der Waals surface area contributed by atoms with Gasteiger partial charge in [-0.05, 0) is 0 Å². The SMILES string of the molecule is CS(=O)(=O)C(F)(F)C(F)CO. The molecule has 68 valence electrons. The van der Waals surface area contributed by atoms with Crippen molar-refractivity contribution in [2.75, 3.05) is 12.9 Å². The van der Waals surface area contributed by atoms with E-state index >= 15 is 0 Å². The maximum atomic E-state index is 12.2. The summed E-state index contributed by atoms with van der Waals surface area (Å²) in [6.45, 7) is -1.51. The van der Waals surface area contributed by atoms with Crippen LogP contribution in [0.2, 0.25) is 0 Å². The average molecular weight is 192 g/mol. The summed E-state index contributed by atoms with van der Waals surface area (Å²) < 4.78 is 56.7. The van der Waals surface area contributed by atoms with E-state index in [2.05, 4.69) is 0 Å². The highest BCUT2D eigenvalue weighted by Gasteiger charge is 2.49. The van der Waals surface area contributed by atoms with E-state index in [1.54, 1.807) is 0 Å². The van der Waals surface area contributed by atoms with E-state index in [0.29, 0.717) is 0 Å². The second kappa shape index (κ2) is 2.98. The number of hydrogen-bond acceptors (Lipinski definition) is 3. The van der Waals surface area contributed by atoms with E-state index in [-0.39, 0.29) is 6.26 Å². The van der Waals surface area contributed by atoms with Gasteiger partial charge in [-0.1, -0.05) is 0 Å². The van der Waals surface area contributed by atoms with Gasteiger partial charge in [0.2, 0.25) is 16.0 Å². The minimum Gasteiger partial charge on any atom is -0.393 e. The lowest BCUT2D eigenvalue weighted by Gasteiger charge is -2.16. The third-order valence-electron chi connectivity index (χ3n) is 1.02. The Bertz CT molecular complexity index is 223. The molecular weight excluding hydrogens is 185 g/mol. The van der Waals surface area contributed by atoms with Gasteiger partial charge in [0, 0.05) is 6.26 Å². The van der Waals surface area contributed by atoms with Crippen molar-refractivity contribution >= 4 is 9.84 Å². The van der Waals surface area contributed by atoms with Gasteiger partial charge in [-0.25, -0.2) is 12.8 Å². The molecule has 0 fully saturated rings. The van der Waals surface area contributed by atoms with Crippen LogP contribution in [-0.2, 0) is 9.84 Å². The van der Waals surface area contributed by atoms with Crippen LogP contribution in [0.25, 0.3) is 0 Å². The Kier molecular flexibility index (Phi) is 2.90.